The van der Waals surface area contributed by atoms with Crippen LogP contribution in [0.15, 0.2) is 53.2 Å². The van der Waals surface area contributed by atoms with Crippen LogP contribution in [0.4, 0.5) is 0 Å². The van der Waals surface area contributed by atoms with Crippen molar-refractivity contribution in [1.29, 1.82) is 0 Å². The molecule has 1 fully saturated rings. The molecule has 1 aromatic carbocycles. The molecular weight excluding hydrogens is 468 g/mol. The molecule has 1 amide bonds. The highest BCUT2D eigenvalue weighted by Crippen LogP contribution is 2.38. The third-order valence-corrected chi connectivity index (χ3v) is 9.18. The maximum atomic E-state index is 13.6. The Labute approximate surface area is 208 Å². The molecule has 0 atom stereocenters. The number of ether oxygens (including phenoxy) is 2. The number of carbonyl (C=O) groups is 1. The second-order valence-corrected chi connectivity index (χ2v) is 11.5. The summed E-state index contributed by atoms with van der Waals surface area (Å²) < 4.78 is 11.8. The lowest BCUT2D eigenvalue weighted by atomic mass is 9.94. The van der Waals surface area contributed by atoms with E-state index in [1.54, 1.807) is 0 Å². The number of fused-ring (bicyclic) bond motifs is 1. The number of likely N-dealkylation sites (tertiary alicyclic amines) is 1. The zero-order valence-corrected chi connectivity index (χ0v) is 21.2. The van der Waals surface area contributed by atoms with E-state index in [4.69, 9.17) is 9.47 Å². The van der Waals surface area contributed by atoms with Crippen molar-refractivity contribution in [2.24, 2.45) is 0 Å². The number of rotatable bonds is 7. The average Bonchev–Trinajstić information content (AvgIpc) is 3.64. The fourth-order valence-electron chi connectivity index (χ4n) is 4.99. The second kappa shape index (κ2) is 9.34. The van der Waals surface area contributed by atoms with E-state index in [0.29, 0.717) is 35.7 Å². The predicted molar refractivity (Wildman–Crippen MR) is 134 cm³/mol. The minimum Gasteiger partial charge on any atom is -0.454 e. The molecule has 180 valence electrons. The van der Waals surface area contributed by atoms with Crippen LogP contribution in [0.1, 0.15) is 28.2 Å². The predicted octanol–water partition coefficient (Wildman–Crippen LogP) is 4.08. The monoisotopic (exact) mass is 499 g/mol. The van der Waals surface area contributed by atoms with Crippen molar-refractivity contribution >= 4 is 28.6 Å². The summed E-state index contributed by atoms with van der Waals surface area (Å²) in [7, 11) is 4.56. The molecule has 6 nitrogen and oxygen atoms in total. The van der Waals surface area contributed by atoms with Gasteiger partial charge in [0.1, 0.15) is 0 Å². The van der Waals surface area contributed by atoms with Crippen LogP contribution < -0.4 is 9.47 Å². The van der Waals surface area contributed by atoms with E-state index in [-0.39, 0.29) is 5.91 Å². The van der Waals surface area contributed by atoms with Crippen LogP contribution in [0.3, 0.4) is 0 Å². The summed E-state index contributed by atoms with van der Waals surface area (Å²) in [6, 6.07) is 14.1. The Kier molecular flexibility index (Phi) is 6.41. The summed E-state index contributed by atoms with van der Waals surface area (Å²) in [5.74, 6) is 1.44. The molecule has 0 radical (unpaired) electrons. The van der Waals surface area contributed by atoms with Crippen molar-refractivity contribution in [2.75, 3.05) is 40.5 Å². The van der Waals surface area contributed by atoms with Gasteiger partial charge in [0.05, 0.1) is 36.4 Å². The highest BCUT2D eigenvalue weighted by atomic mass is 32.1. The largest absolute Gasteiger partial charge is 0.454 e. The molecule has 0 spiro atoms. The van der Waals surface area contributed by atoms with Gasteiger partial charge < -0.3 is 24.0 Å². The summed E-state index contributed by atoms with van der Waals surface area (Å²) in [4.78, 5) is 16.9. The number of amides is 1. The number of likely N-dealkylation sites (N-methyl/N-ethyl adjacent to an activating group) is 1. The molecule has 0 saturated carbocycles. The fourth-order valence-corrected chi connectivity index (χ4v) is 6.72. The average molecular weight is 500 g/mol. The zero-order valence-electron chi connectivity index (χ0n) is 19.6. The van der Waals surface area contributed by atoms with Crippen LogP contribution >= 0.6 is 22.7 Å². The number of nitrogens with zero attached hydrogens (tertiary/aromatic N) is 2. The Bertz CT molecular complexity index is 1090. The molecule has 1 N–H and O–H groups in total. The quantitative estimate of drug-likeness (QED) is 0.498. The van der Waals surface area contributed by atoms with Gasteiger partial charge in [-0.2, -0.15) is 0 Å². The molecule has 0 bridgehead atoms. The van der Waals surface area contributed by atoms with Gasteiger partial charge >= 0.3 is 0 Å². The molecule has 34 heavy (non-hydrogen) atoms. The number of benzene rings is 1. The Balaban J connectivity index is 1.22. The number of aliphatic hydroxyl groups is 1. The van der Waals surface area contributed by atoms with Crippen molar-refractivity contribution < 1.29 is 23.9 Å². The van der Waals surface area contributed by atoms with Gasteiger partial charge in [-0.3, -0.25) is 4.79 Å². The Hall–Kier alpha value is -2.39. The van der Waals surface area contributed by atoms with Crippen molar-refractivity contribution in [3.05, 3.63) is 68.5 Å². The molecule has 2 aliphatic heterocycles. The lowest BCUT2D eigenvalue weighted by molar-refractivity contribution is -0.916. The number of thiophene rings is 2. The first kappa shape index (κ1) is 23.4. The van der Waals surface area contributed by atoms with E-state index in [0.717, 1.165) is 41.8 Å². The van der Waals surface area contributed by atoms with Crippen molar-refractivity contribution in [3.8, 4) is 11.5 Å². The summed E-state index contributed by atoms with van der Waals surface area (Å²) in [5.41, 5.74) is -0.348. The van der Waals surface area contributed by atoms with E-state index in [1.165, 1.54) is 28.2 Å². The molecule has 0 unspecified atom stereocenters. The first-order chi connectivity index (χ1) is 16.4. The number of carbonyl (C=O) groups excluding carboxylic acids is 1. The highest BCUT2D eigenvalue weighted by Gasteiger charge is 2.46. The lowest BCUT2D eigenvalue weighted by Gasteiger charge is -2.44. The smallest absolute Gasteiger partial charge is 0.265 e. The van der Waals surface area contributed by atoms with Crippen molar-refractivity contribution in [2.45, 2.75) is 30.9 Å². The van der Waals surface area contributed by atoms with Gasteiger partial charge in [0, 0.05) is 32.4 Å². The Morgan fingerprint density at radius 1 is 1.06 bits per heavy atom. The number of hydrogen-bond acceptors (Lipinski definition) is 6. The van der Waals surface area contributed by atoms with Gasteiger partial charge in [0.15, 0.2) is 11.5 Å². The topological polar surface area (TPSA) is 59.0 Å². The van der Waals surface area contributed by atoms with E-state index >= 15 is 0 Å². The number of piperidine rings is 1. The maximum Gasteiger partial charge on any atom is 0.265 e. The third kappa shape index (κ3) is 4.35. The van der Waals surface area contributed by atoms with Crippen LogP contribution in [0, 0.1) is 0 Å². The van der Waals surface area contributed by atoms with Crippen LogP contribution in [0.2, 0.25) is 0 Å². The molecule has 3 aromatic rings. The SMILES string of the molecule is C[N+](C)(CCc1ccc2c(c1)OCO2)C1CCN(C(=O)C(O)(c2cccs2)c2cccs2)CC1. The van der Waals surface area contributed by atoms with Crippen molar-refractivity contribution in [1.82, 2.24) is 4.90 Å². The summed E-state index contributed by atoms with van der Waals surface area (Å²) in [6.45, 7) is 2.63. The summed E-state index contributed by atoms with van der Waals surface area (Å²) in [6.07, 6.45) is 2.80. The minimum atomic E-state index is -1.60. The van der Waals surface area contributed by atoms with Gasteiger partial charge in [-0.15, -0.1) is 22.7 Å². The van der Waals surface area contributed by atoms with E-state index in [9.17, 15) is 9.90 Å². The first-order valence-corrected chi connectivity index (χ1v) is 13.4. The number of quaternary nitrogens is 1. The van der Waals surface area contributed by atoms with Crippen LogP contribution in [-0.4, -0.2) is 67.0 Å². The normalized spacial score (nSPS) is 16.7. The maximum absolute atomic E-state index is 13.6. The molecule has 8 heteroatoms. The van der Waals surface area contributed by atoms with Gasteiger partial charge in [0.2, 0.25) is 12.4 Å². The molecule has 1 saturated heterocycles. The molecular formula is C26H31N2O4S2+. The second-order valence-electron chi connectivity index (χ2n) is 9.63. The molecule has 2 aromatic heterocycles. The minimum absolute atomic E-state index is 0.207. The molecule has 5 rings (SSSR count). The van der Waals surface area contributed by atoms with Crippen LogP contribution in [0.25, 0.3) is 0 Å². The molecule has 0 aliphatic carbocycles. The van der Waals surface area contributed by atoms with E-state index in [2.05, 4.69) is 26.2 Å². The van der Waals surface area contributed by atoms with Crippen molar-refractivity contribution in [3.63, 3.8) is 0 Å². The van der Waals surface area contributed by atoms with Gasteiger partial charge in [-0.05, 0) is 40.6 Å². The van der Waals surface area contributed by atoms with E-state index < -0.39 is 5.60 Å². The van der Waals surface area contributed by atoms with Gasteiger partial charge in [0.25, 0.3) is 5.91 Å². The van der Waals surface area contributed by atoms with Crippen LogP contribution in [0.5, 0.6) is 11.5 Å². The zero-order chi connectivity index (χ0) is 23.8. The summed E-state index contributed by atoms with van der Waals surface area (Å²) in [5, 5.41) is 15.5. The Morgan fingerprint density at radius 2 is 1.71 bits per heavy atom. The van der Waals surface area contributed by atoms with Gasteiger partial charge in [-0.1, -0.05) is 18.2 Å². The summed E-state index contributed by atoms with van der Waals surface area (Å²) >= 11 is 2.85. The lowest BCUT2D eigenvalue weighted by Crippen LogP contribution is -2.57. The third-order valence-electron chi connectivity index (χ3n) is 7.22. The van der Waals surface area contributed by atoms with E-state index in [1.807, 2.05) is 46.0 Å². The number of hydrogen-bond donors (Lipinski definition) is 1. The first-order valence-electron chi connectivity index (χ1n) is 11.7. The standard InChI is InChI=1S/C26H31N2O4S2/c1-28(2,14-11-19-7-8-21-22(17-19)32-18-31-21)20-9-12-27(13-10-20)25(29)26(30,23-5-3-15-33-23)24-6-4-16-34-24/h3-8,15-17,20,30H,9-14,18H2,1-2H3/q+1. The van der Waals surface area contributed by atoms with Gasteiger partial charge in [-0.25, -0.2) is 0 Å². The molecule has 4 heterocycles. The Morgan fingerprint density at radius 3 is 2.32 bits per heavy atom. The fraction of sp³-hybridized carbons (Fsp3) is 0.423. The molecule has 2 aliphatic rings. The highest BCUT2D eigenvalue weighted by molar-refractivity contribution is 7.12. The van der Waals surface area contributed by atoms with Crippen LogP contribution in [-0.2, 0) is 16.8 Å².